The summed E-state index contributed by atoms with van der Waals surface area (Å²) in [5.41, 5.74) is 2.64. The Morgan fingerprint density at radius 3 is 2.38 bits per heavy atom. The third-order valence-corrected chi connectivity index (χ3v) is 3.39. The van der Waals surface area contributed by atoms with E-state index in [1.807, 2.05) is 12.1 Å². The Morgan fingerprint density at radius 1 is 1.08 bits per heavy atom. The molecule has 0 fully saturated rings. The highest BCUT2D eigenvalue weighted by molar-refractivity contribution is 5.94. The van der Waals surface area contributed by atoms with Crippen molar-refractivity contribution in [2.75, 3.05) is 25.6 Å². The molecule has 1 aromatic carbocycles. The van der Waals surface area contributed by atoms with E-state index < -0.39 is 0 Å². The fourth-order valence-electron chi connectivity index (χ4n) is 2.07. The van der Waals surface area contributed by atoms with Gasteiger partial charge in [0.25, 0.3) is 5.91 Å². The Bertz CT molecular complexity index is 682. The molecule has 0 radical (unpaired) electrons. The van der Waals surface area contributed by atoms with Crippen LogP contribution in [0.5, 0.6) is 0 Å². The maximum Gasteiger partial charge on any atom is 0.269 e. The summed E-state index contributed by atoms with van der Waals surface area (Å²) in [5, 5.41) is 5.96. The Labute approximate surface area is 141 Å². The van der Waals surface area contributed by atoms with Crippen LogP contribution in [0.2, 0.25) is 0 Å². The maximum atomic E-state index is 11.9. The van der Waals surface area contributed by atoms with Gasteiger partial charge in [-0.3, -0.25) is 9.59 Å². The number of aromatic nitrogens is 1. The first kappa shape index (κ1) is 17.6. The molecule has 0 saturated heterocycles. The van der Waals surface area contributed by atoms with E-state index in [4.69, 9.17) is 4.74 Å². The van der Waals surface area contributed by atoms with Gasteiger partial charge in [-0.25, -0.2) is 4.98 Å². The molecule has 0 bridgehead atoms. The van der Waals surface area contributed by atoms with Crippen LogP contribution in [0.3, 0.4) is 0 Å². The molecule has 1 amide bonds. The molecule has 0 spiro atoms. The molecular formula is C18H21N3O3. The van der Waals surface area contributed by atoms with Gasteiger partial charge in [0, 0.05) is 31.5 Å². The lowest BCUT2D eigenvalue weighted by molar-refractivity contribution is 0.0942. The van der Waals surface area contributed by atoms with E-state index in [1.165, 1.54) is 6.92 Å². The molecule has 0 atom stereocenters. The van der Waals surface area contributed by atoms with Gasteiger partial charge < -0.3 is 15.4 Å². The van der Waals surface area contributed by atoms with Gasteiger partial charge in [-0.05, 0) is 49.7 Å². The first-order chi connectivity index (χ1) is 11.6. The van der Waals surface area contributed by atoms with Crippen LogP contribution in [-0.4, -0.2) is 36.9 Å². The molecule has 0 aliphatic heterocycles. The summed E-state index contributed by atoms with van der Waals surface area (Å²) in [7, 11) is 1.63. The molecule has 0 unspecified atom stereocenters. The molecule has 2 N–H and O–H groups in total. The Balaban J connectivity index is 1.91. The average molecular weight is 327 g/mol. The number of carbonyl (C=O) groups is 2. The molecule has 2 rings (SSSR count). The van der Waals surface area contributed by atoms with Crippen molar-refractivity contribution in [3.05, 3.63) is 53.9 Å². The van der Waals surface area contributed by atoms with E-state index in [0.717, 1.165) is 17.8 Å². The van der Waals surface area contributed by atoms with E-state index in [1.54, 1.807) is 37.6 Å². The Hall–Kier alpha value is -2.73. The number of nitrogens with zero attached hydrogens (tertiary/aromatic N) is 1. The summed E-state index contributed by atoms with van der Waals surface area (Å²) >= 11 is 0. The highest BCUT2D eigenvalue weighted by Crippen LogP contribution is 2.16. The maximum absolute atomic E-state index is 11.9. The van der Waals surface area contributed by atoms with Crippen molar-refractivity contribution in [1.29, 1.82) is 0 Å². The number of carbonyl (C=O) groups excluding carboxylic acids is 2. The molecule has 0 aliphatic carbocycles. The summed E-state index contributed by atoms with van der Waals surface area (Å²) in [4.78, 5) is 27.3. The molecule has 6 heteroatoms. The van der Waals surface area contributed by atoms with Crippen molar-refractivity contribution in [2.45, 2.75) is 13.3 Å². The van der Waals surface area contributed by atoms with Crippen LogP contribution in [0.1, 0.15) is 34.2 Å². The fourth-order valence-corrected chi connectivity index (χ4v) is 2.07. The van der Waals surface area contributed by atoms with Crippen LogP contribution in [0, 0.1) is 0 Å². The smallest absolute Gasteiger partial charge is 0.269 e. The number of Topliss-reactive ketones (excluding diaryl/α,β-unsaturated/α-hetero) is 1. The molecular weight excluding hydrogens is 306 g/mol. The van der Waals surface area contributed by atoms with Crippen molar-refractivity contribution in [3.8, 4) is 0 Å². The molecule has 1 aromatic heterocycles. The average Bonchev–Trinajstić information content (AvgIpc) is 2.59. The molecule has 0 saturated carbocycles. The van der Waals surface area contributed by atoms with Gasteiger partial charge in [-0.2, -0.15) is 0 Å². The zero-order chi connectivity index (χ0) is 17.4. The van der Waals surface area contributed by atoms with E-state index in [-0.39, 0.29) is 11.7 Å². The van der Waals surface area contributed by atoms with Gasteiger partial charge in [0.05, 0.1) is 11.9 Å². The van der Waals surface area contributed by atoms with Crippen LogP contribution >= 0.6 is 0 Å². The second kappa shape index (κ2) is 8.79. The van der Waals surface area contributed by atoms with E-state index in [9.17, 15) is 9.59 Å². The second-order valence-electron chi connectivity index (χ2n) is 5.29. The number of amides is 1. The SMILES string of the molecule is COCCCNC(=O)c1ccc(Nc2ccc(C(C)=O)cc2)cn1. The van der Waals surface area contributed by atoms with Gasteiger partial charge in [0.1, 0.15) is 5.69 Å². The van der Waals surface area contributed by atoms with Gasteiger partial charge in [0.15, 0.2) is 5.78 Å². The molecule has 2 aromatic rings. The topological polar surface area (TPSA) is 80.3 Å². The number of pyridine rings is 1. The fraction of sp³-hybridized carbons (Fsp3) is 0.278. The number of ketones is 1. The monoisotopic (exact) mass is 327 g/mol. The van der Waals surface area contributed by atoms with Crippen LogP contribution < -0.4 is 10.6 Å². The third kappa shape index (κ3) is 5.17. The summed E-state index contributed by atoms with van der Waals surface area (Å²) in [6.07, 6.45) is 2.36. The third-order valence-electron chi connectivity index (χ3n) is 3.39. The predicted octanol–water partition coefficient (Wildman–Crippen LogP) is 2.79. The highest BCUT2D eigenvalue weighted by Gasteiger charge is 2.06. The number of nitrogens with one attached hydrogen (secondary N) is 2. The van der Waals surface area contributed by atoms with Gasteiger partial charge in [-0.1, -0.05) is 0 Å². The van der Waals surface area contributed by atoms with Crippen molar-refractivity contribution in [1.82, 2.24) is 10.3 Å². The minimum atomic E-state index is -0.205. The molecule has 0 aliphatic rings. The summed E-state index contributed by atoms with van der Waals surface area (Å²) < 4.78 is 4.93. The van der Waals surface area contributed by atoms with Gasteiger partial charge >= 0.3 is 0 Å². The van der Waals surface area contributed by atoms with Crippen molar-refractivity contribution < 1.29 is 14.3 Å². The van der Waals surface area contributed by atoms with E-state index in [0.29, 0.717) is 24.4 Å². The first-order valence-electron chi connectivity index (χ1n) is 7.71. The van der Waals surface area contributed by atoms with Crippen molar-refractivity contribution in [2.24, 2.45) is 0 Å². The van der Waals surface area contributed by atoms with E-state index >= 15 is 0 Å². The number of ether oxygens (including phenoxy) is 1. The number of rotatable bonds is 8. The lowest BCUT2D eigenvalue weighted by atomic mass is 10.1. The molecule has 126 valence electrons. The Kier molecular flexibility index (Phi) is 6.45. The first-order valence-corrected chi connectivity index (χ1v) is 7.71. The van der Waals surface area contributed by atoms with E-state index in [2.05, 4.69) is 15.6 Å². The van der Waals surface area contributed by atoms with Crippen LogP contribution in [0.4, 0.5) is 11.4 Å². The number of anilines is 2. The lowest BCUT2D eigenvalue weighted by Gasteiger charge is -2.08. The molecule has 1 heterocycles. The van der Waals surface area contributed by atoms with Crippen LogP contribution in [-0.2, 0) is 4.74 Å². The quantitative estimate of drug-likeness (QED) is 0.576. The predicted molar refractivity (Wildman–Crippen MR) is 92.8 cm³/mol. The second-order valence-corrected chi connectivity index (χ2v) is 5.29. The molecule has 6 nitrogen and oxygen atoms in total. The lowest BCUT2D eigenvalue weighted by Crippen LogP contribution is -2.26. The standard InChI is InChI=1S/C18H21N3O3/c1-13(22)14-4-6-15(7-5-14)21-16-8-9-17(20-12-16)18(23)19-10-3-11-24-2/h4-9,12,21H,3,10-11H2,1-2H3,(H,19,23). The zero-order valence-electron chi connectivity index (χ0n) is 13.8. The van der Waals surface area contributed by atoms with Gasteiger partial charge in [-0.15, -0.1) is 0 Å². The number of hydrogen-bond donors (Lipinski definition) is 2. The Morgan fingerprint density at radius 2 is 1.79 bits per heavy atom. The van der Waals surface area contributed by atoms with Crippen molar-refractivity contribution >= 4 is 23.1 Å². The normalized spacial score (nSPS) is 10.2. The number of methoxy groups -OCH3 is 1. The summed E-state index contributed by atoms with van der Waals surface area (Å²) in [6.45, 7) is 2.70. The zero-order valence-corrected chi connectivity index (χ0v) is 13.8. The highest BCUT2D eigenvalue weighted by atomic mass is 16.5. The summed E-state index contributed by atoms with van der Waals surface area (Å²) in [5.74, 6) is -0.174. The summed E-state index contributed by atoms with van der Waals surface area (Å²) in [6, 6.07) is 10.6. The van der Waals surface area contributed by atoms with Crippen LogP contribution in [0.15, 0.2) is 42.6 Å². The minimum absolute atomic E-state index is 0.0316. The van der Waals surface area contributed by atoms with Crippen LogP contribution in [0.25, 0.3) is 0 Å². The minimum Gasteiger partial charge on any atom is -0.385 e. The molecule has 24 heavy (non-hydrogen) atoms. The number of benzene rings is 1. The number of hydrogen-bond acceptors (Lipinski definition) is 5. The largest absolute Gasteiger partial charge is 0.385 e. The van der Waals surface area contributed by atoms with Crippen molar-refractivity contribution in [3.63, 3.8) is 0 Å². The van der Waals surface area contributed by atoms with Gasteiger partial charge in [0.2, 0.25) is 0 Å².